The third-order valence-electron chi connectivity index (χ3n) is 2.40. The molecule has 0 aromatic carbocycles. The minimum absolute atomic E-state index is 0.00816. The van der Waals surface area contributed by atoms with Gasteiger partial charge in [0.25, 0.3) is 0 Å². The molecular weight excluding hydrogens is 254 g/mol. The van der Waals surface area contributed by atoms with E-state index in [0.29, 0.717) is 26.4 Å². The fraction of sp³-hybridized carbons (Fsp3) is 1.00. The summed E-state index contributed by atoms with van der Waals surface area (Å²) in [6, 6.07) is -0.248. The Kier molecular flexibility index (Phi) is 5.99. The lowest BCUT2D eigenvalue weighted by Crippen LogP contribution is -2.50. The molecule has 7 heteroatoms. The molecule has 0 bridgehead atoms. The maximum absolute atomic E-state index is 12.0. The van der Waals surface area contributed by atoms with Gasteiger partial charge in [-0.3, -0.25) is 0 Å². The predicted molar refractivity (Wildman–Crippen MR) is 62.3 cm³/mol. The van der Waals surface area contributed by atoms with Gasteiger partial charge < -0.3 is 9.47 Å². The van der Waals surface area contributed by atoms with E-state index in [9.17, 15) is 8.42 Å². The number of hydrogen-bond donors (Lipinski definition) is 0. The van der Waals surface area contributed by atoms with Crippen LogP contribution in [0.1, 0.15) is 6.92 Å². The van der Waals surface area contributed by atoms with Crippen molar-refractivity contribution in [1.29, 1.82) is 0 Å². The number of halogens is 1. The van der Waals surface area contributed by atoms with Crippen LogP contribution in [-0.4, -0.2) is 63.4 Å². The van der Waals surface area contributed by atoms with E-state index >= 15 is 0 Å². The Hall–Kier alpha value is 0.120. The van der Waals surface area contributed by atoms with Gasteiger partial charge in [0, 0.05) is 19.0 Å². The van der Waals surface area contributed by atoms with Gasteiger partial charge in [-0.05, 0) is 6.92 Å². The lowest BCUT2D eigenvalue weighted by molar-refractivity contribution is 0.0400. The Morgan fingerprint density at radius 2 is 2.31 bits per heavy atom. The molecule has 5 nitrogen and oxygen atoms in total. The number of hydrogen-bond acceptors (Lipinski definition) is 4. The maximum Gasteiger partial charge on any atom is 0.216 e. The second-order valence-electron chi connectivity index (χ2n) is 3.51. The molecule has 0 N–H and O–H groups in total. The first-order valence-electron chi connectivity index (χ1n) is 5.32. The standard InChI is InChI=1S/C9H18ClNO4S/c1-2-14-5-6-16(12,13)11-3-4-15-8-9(11)7-10/h9H,2-8H2,1H3. The van der Waals surface area contributed by atoms with Gasteiger partial charge >= 0.3 is 0 Å². The number of nitrogens with zero attached hydrogens (tertiary/aromatic N) is 1. The van der Waals surface area contributed by atoms with Crippen molar-refractivity contribution >= 4 is 21.6 Å². The Morgan fingerprint density at radius 3 is 2.94 bits per heavy atom. The fourth-order valence-corrected chi connectivity index (χ4v) is 3.40. The SMILES string of the molecule is CCOCCS(=O)(=O)N1CCOCC1CCl. The Bertz CT molecular complexity index is 296. The van der Waals surface area contributed by atoms with Gasteiger partial charge in [-0.2, -0.15) is 4.31 Å². The second kappa shape index (κ2) is 6.76. The first kappa shape index (κ1) is 14.2. The van der Waals surface area contributed by atoms with E-state index in [-0.39, 0.29) is 24.3 Å². The van der Waals surface area contributed by atoms with E-state index in [1.807, 2.05) is 6.92 Å². The first-order valence-corrected chi connectivity index (χ1v) is 7.47. The zero-order chi connectivity index (χ0) is 12.0. The van der Waals surface area contributed by atoms with Crippen molar-refractivity contribution in [3.8, 4) is 0 Å². The van der Waals surface area contributed by atoms with Gasteiger partial charge in [-0.1, -0.05) is 0 Å². The molecule has 1 aliphatic rings. The van der Waals surface area contributed by atoms with Crippen LogP contribution in [0.5, 0.6) is 0 Å². The van der Waals surface area contributed by atoms with E-state index in [1.165, 1.54) is 4.31 Å². The molecule has 1 rings (SSSR count). The smallest absolute Gasteiger partial charge is 0.216 e. The molecule has 0 aromatic rings. The first-order chi connectivity index (χ1) is 7.61. The van der Waals surface area contributed by atoms with Crippen molar-refractivity contribution < 1.29 is 17.9 Å². The maximum atomic E-state index is 12.0. The zero-order valence-corrected chi connectivity index (χ0v) is 11.0. The highest BCUT2D eigenvalue weighted by atomic mass is 35.5. The molecule has 1 aliphatic heterocycles. The van der Waals surface area contributed by atoms with E-state index in [4.69, 9.17) is 21.1 Å². The average molecular weight is 272 g/mol. The van der Waals surface area contributed by atoms with Crippen LogP contribution in [0.4, 0.5) is 0 Å². The van der Waals surface area contributed by atoms with E-state index < -0.39 is 10.0 Å². The number of morpholine rings is 1. The highest BCUT2D eigenvalue weighted by Gasteiger charge is 2.31. The Labute approximate surface area is 102 Å². The highest BCUT2D eigenvalue weighted by molar-refractivity contribution is 7.89. The van der Waals surface area contributed by atoms with Gasteiger partial charge in [0.1, 0.15) is 0 Å². The molecule has 0 amide bonds. The normalized spacial score (nSPS) is 23.5. The van der Waals surface area contributed by atoms with E-state index in [2.05, 4.69) is 0 Å². The summed E-state index contributed by atoms with van der Waals surface area (Å²) in [4.78, 5) is 0. The predicted octanol–water partition coefficient (Wildman–Crippen LogP) is 0.292. The van der Waals surface area contributed by atoms with Gasteiger partial charge in [-0.15, -0.1) is 11.6 Å². The molecule has 1 atom stereocenters. The second-order valence-corrected chi connectivity index (χ2v) is 5.86. The number of alkyl halides is 1. The van der Waals surface area contributed by atoms with Gasteiger partial charge in [0.15, 0.2) is 0 Å². The molecule has 96 valence electrons. The molecule has 0 aromatic heterocycles. The van der Waals surface area contributed by atoms with E-state index in [1.54, 1.807) is 0 Å². The number of ether oxygens (including phenoxy) is 2. The minimum Gasteiger partial charge on any atom is -0.381 e. The summed E-state index contributed by atoms with van der Waals surface area (Å²) < 4.78 is 35.6. The molecule has 1 heterocycles. The van der Waals surface area contributed by atoms with Crippen molar-refractivity contribution in [3.05, 3.63) is 0 Å². The van der Waals surface area contributed by atoms with Crippen LogP contribution in [0.2, 0.25) is 0 Å². The van der Waals surface area contributed by atoms with Gasteiger partial charge in [0.05, 0.1) is 31.6 Å². The molecule has 1 fully saturated rings. The van der Waals surface area contributed by atoms with Crippen LogP contribution >= 0.6 is 11.6 Å². The molecule has 0 saturated carbocycles. The summed E-state index contributed by atoms with van der Waals surface area (Å²) in [6.07, 6.45) is 0. The molecule has 0 aliphatic carbocycles. The van der Waals surface area contributed by atoms with Crippen LogP contribution in [0.3, 0.4) is 0 Å². The Balaban J connectivity index is 2.57. The summed E-state index contributed by atoms with van der Waals surface area (Å²) in [6.45, 7) is 3.77. The molecule has 0 radical (unpaired) electrons. The highest BCUT2D eigenvalue weighted by Crippen LogP contribution is 2.14. The summed E-state index contributed by atoms with van der Waals surface area (Å²) in [5.41, 5.74) is 0. The lowest BCUT2D eigenvalue weighted by atomic mass is 10.3. The van der Waals surface area contributed by atoms with Crippen LogP contribution < -0.4 is 0 Å². The topological polar surface area (TPSA) is 55.8 Å². The van der Waals surface area contributed by atoms with Crippen LogP contribution in [0.25, 0.3) is 0 Å². The molecule has 0 spiro atoms. The van der Waals surface area contributed by atoms with Crippen LogP contribution in [-0.2, 0) is 19.5 Å². The van der Waals surface area contributed by atoms with Crippen molar-refractivity contribution in [3.63, 3.8) is 0 Å². The average Bonchev–Trinajstić information content (AvgIpc) is 2.29. The van der Waals surface area contributed by atoms with Crippen molar-refractivity contribution in [2.75, 3.05) is 44.6 Å². The molecular formula is C9H18ClNO4S. The molecule has 1 unspecified atom stereocenters. The van der Waals surface area contributed by atoms with Crippen molar-refractivity contribution in [1.82, 2.24) is 4.31 Å². The van der Waals surface area contributed by atoms with Gasteiger partial charge in [0.2, 0.25) is 10.0 Å². The minimum atomic E-state index is -3.27. The van der Waals surface area contributed by atoms with Crippen molar-refractivity contribution in [2.24, 2.45) is 0 Å². The molecule has 1 saturated heterocycles. The fourth-order valence-electron chi connectivity index (χ4n) is 1.55. The van der Waals surface area contributed by atoms with E-state index in [0.717, 1.165) is 0 Å². The lowest BCUT2D eigenvalue weighted by Gasteiger charge is -2.33. The largest absolute Gasteiger partial charge is 0.381 e. The number of sulfonamides is 1. The quantitative estimate of drug-likeness (QED) is 0.515. The summed E-state index contributed by atoms with van der Waals surface area (Å²) >= 11 is 5.73. The van der Waals surface area contributed by atoms with Crippen LogP contribution in [0, 0.1) is 0 Å². The van der Waals surface area contributed by atoms with Gasteiger partial charge in [-0.25, -0.2) is 8.42 Å². The summed E-state index contributed by atoms with van der Waals surface area (Å²) in [5.74, 6) is 0.266. The Morgan fingerprint density at radius 1 is 1.56 bits per heavy atom. The third kappa shape index (κ3) is 3.85. The summed E-state index contributed by atoms with van der Waals surface area (Å²) in [5, 5.41) is 0. The van der Waals surface area contributed by atoms with Crippen molar-refractivity contribution in [2.45, 2.75) is 13.0 Å². The summed E-state index contributed by atoms with van der Waals surface area (Å²) in [7, 11) is -3.27. The third-order valence-corrected chi connectivity index (χ3v) is 4.63. The number of rotatable bonds is 6. The monoisotopic (exact) mass is 271 g/mol. The zero-order valence-electron chi connectivity index (χ0n) is 9.39. The molecule has 16 heavy (non-hydrogen) atoms. The van der Waals surface area contributed by atoms with Crippen LogP contribution in [0.15, 0.2) is 0 Å².